The summed E-state index contributed by atoms with van der Waals surface area (Å²) in [6.07, 6.45) is 3.60. The van der Waals surface area contributed by atoms with E-state index in [2.05, 4.69) is 22.5 Å². The Morgan fingerprint density at radius 3 is 2.66 bits per heavy atom. The van der Waals surface area contributed by atoms with Crippen LogP contribution in [0.3, 0.4) is 0 Å². The molecule has 0 spiro atoms. The van der Waals surface area contributed by atoms with Gasteiger partial charge in [0.1, 0.15) is 11.2 Å². The Kier molecular flexibility index (Phi) is 8.07. The van der Waals surface area contributed by atoms with Gasteiger partial charge in [0.05, 0.1) is 23.1 Å². The Morgan fingerprint density at radius 1 is 1.26 bits per heavy atom. The Balaban J connectivity index is 1.54. The van der Waals surface area contributed by atoms with Crippen molar-refractivity contribution in [3.05, 3.63) is 45.2 Å². The third kappa shape index (κ3) is 6.33. The van der Waals surface area contributed by atoms with Crippen molar-refractivity contribution in [3.8, 4) is 11.8 Å². The fourth-order valence-electron chi connectivity index (χ4n) is 4.59. The van der Waals surface area contributed by atoms with Crippen molar-refractivity contribution in [1.82, 2.24) is 15.2 Å². The van der Waals surface area contributed by atoms with Crippen molar-refractivity contribution in [2.45, 2.75) is 71.1 Å². The number of hydrogen-bond donors (Lipinski definition) is 2. The van der Waals surface area contributed by atoms with Gasteiger partial charge in [-0.2, -0.15) is 0 Å². The molecule has 2 N–H and O–H groups in total. The number of carbonyl (C=O) groups excluding carboxylic acids is 2. The third-order valence-corrected chi connectivity index (χ3v) is 6.45. The van der Waals surface area contributed by atoms with Crippen LogP contribution in [0.1, 0.15) is 75.3 Å². The van der Waals surface area contributed by atoms with Gasteiger partial charge in [0.2, 0.25) is 5.43 Å². The highest BCUT2D eigenvalue weighted by molar-refractivity contribution is 5.95. The molecule has 1 saturated heterocycles. The monoisotopic (exact) mass is 529 g/mol. The van der Waals surface area contributed by atoms with Gasteiger partial charge in [0.15, 0.2) is 11.6 Å². The van der Waals surface area contributed by atoms with Gasteiger partial charge in [-0.1, -0.05) is 11.8 Å². The molecule has 1 saturated carbocycles. The molecule has 2 aromatic rings. The summed E-state index contributed by atoms with van der Waals surface area (Å²) < 4.78 is 41.5. The molecule has 1 aliphatic heterocycles. The first kappa shape index (κ1) is 27.6. The van der Waals surface area contributed by atoms with Crippen molar-refractivity contribution in [2.75, 3.05) is 19.7 Å². The van der Waals surface area contributed by atoms with Crippen LogP contribution in [-0.2, 0) is 9.47 Å². The summed E-state index contributed by atoms with van der Waals surface area (Å²) >= 11 is 0. The van der Waals surface area contributed by atoms with Crippen LogP contribution in [0.2, 0.25) is 0 Å². The fourth-order valence-corrected chi connectivity index (χ4v) is 4.59. The summed E-state index contributed by atoms with van der Waals surface area (Å²) in [5.41, 5.74) is -1.50. The molecule has 1 aromatic heterocycles. The number of pyridine rings is 1. The summed E-state index contributed by atoms with van der Waals surface area (Å²) in [7, 11) is 0. The lowest BCUT2D eigenvalue weighted by atomic mass is 10.0. The van der Waals surface area contributed by atoms with E-state index in [-0.39, 0.29) is 46.6 Å². The van der Waals surface area contributed by atoms with Gasteiger partial charge in [0, 0.05) is 31.2 Å². The topological polar surface area (TPSA) is 98.7 Å². The van der Waals surface area contributed by atoms with Crippen LogP contribution in [-0.4, -0.2) is 48.0 Å². The molecule has 0 bridgehead atoms. The Labute approximate surface area is 220 Å². The molecule has 1 amide bonds. The molecule has 8 nitrogen and oxygen atoms in total. The van der Waals surface area contributed by atoms with Crippen LogP contribution < -0.4 is 16.1 Å². The molecule has 1 aliphatic carbocycles. The molecule has 204 valence electrons. The molecule has 2 atom stereocenters. The largest absolute Gasteiger partial charge is 0.462 e. The lowest BCUT2D eigenvalue weighted by Crippen LogP contribution is -2.35. The summed E-state index contributed by atoms with van der Waals surface area (Å²) in [5.74, 6) is 2.78. The summed E-state index contributed by atoms with van der Waals surface area (Å²) in [6, 6.07) is 0.809. The van der Waals surface area contributed by atoms with Crippen molar-refractivity contribution in [3.63, 3.8) is 0 Å². The van der Waals surface area contributed by atoms with E-state index < -0.39 is 34.7 Å². The number of carbonyl (C=O) groups is 2. The SMILES string of the molecule is CCOC(=O)c1cn(C2CC2)c2c(C#CCC3CC(CNC(=O)OC(C)(C)C)CN3)c(F)c(F)cc2c1=O. The van der Waals surface area contributed by atoms with Crippen molar-refractivity contribution < 1.29 is 27.8 Å². The minimum absolute atomic E-state index is 0.0110. The van der Waals surface area contributed by atoms with E-state index in [1.807, 2.05) is 0 Å². The lowest BCUT2D eigenvalue weighted by molar-refractivity contribution is 0.0511. The molecular weight excluding hydrogens is 496 g/mol. The number of nitrogens with one attached hydrogen (secondary N) is 2. The number of benzene rings is 1. The van der Waals surface area contributed by atoms with Gasteiger partial charge >= 0.3 is 12.1 Å². The van der Waals surface area contributed by atoms with Gasteiger partial charge in [-0.05, 0) is 65.5 Å². The number of ether oxygens (including phenoxy) is 2. The zero-order chi connectivity index (χ0) is 27.6. The quantitative estimate of drug-likeness (QED) is 0.433. The zero-order valence-electron chi connectivity index (χ0n) is 22.1. The number of hydrogen-bond acceptors (Lipinski definition) is 6. The zero-order valence-corrected chi connectivity index (χ0v) is 22.1. The summed E-state index contributed by atoms with van der Waals surface area (Å²) in [4.78, 5) is 37.3. The number of aromatic nitrogens is 1. The first-order chi connectivity index (χ1) is 18.0. The maximum absolute atomic E-state index is 15.0. The van der Waals surface area contributed by atoms with Gasteiger partial charge in [0.25, 0.3) is 0 Å². The molecule has 4 rings (SSSR count). The highest BCUT2D eigenvalue weighted by atomic mass is 19.2. The summed E-state index contributed by atoms with van der Waals surface area (Å²) in [5, 5.41) is 6.01. The fraction of sp³-hybridized carbons (Fsp3) is 0.536. The molecule has 2 aliphatic rings. The predicted molar refractivity (Wildman–Crippen MR) is 138 cm³/mol. The maximum Gasteiger partial charge on any atom is 0.407 e. The second-order valence-corrected chi connectivity index (χ2v) is 10.8. The maximum atomic E-state index is 15.0. The van der Waals surface area contributed by atoms with E-state index in [0.29, 0.717) is 19.5 Å². The molecule has 2 unspecified atom stereocenters. The van der Waals surface area contributed by atoms with E-state index in [1.54, 1.807) is 32.3 Å². The van der Waals surface area contributed by atoms with Crippen LogP contribution in [0.5, 0.6) is 0 Å². The van der Waals surface area contributed by atoms with Crippen molar-refractivity contribution >= 4 is 23.0 Å². The van der Waals surface area contributed by atoms with Gasteiger partial charge < -0.3 is 24.7 Å². The van der Waals surface area contributed by atoms with E-state index >= 15 is 4.39 Å². The number of esters is 1. The third-order valence-electron chi connectivity index (χ3n) is 6.45. The van der Waals surface area contributed by atoms with E-state index in [9.17, 15) is 18.8 Å². The Morgan fingerprint density at radius 2 is 2.00 bits per heavy atom. The highest BCUT2D eigenvalue weighted by Crippen LogP contribution is 2.38. The smallest absolute Gasteiger partial charge is 0.407 e. The number of amides is 1. The number of rotatable bonds is 6. The molecule has 10 heteroatoms. The van der Waals surface area contributed by atoms with Crippen LogP contribution in [0, 0.1) is 29.4 Å². The average Bonchev–Trinajstić information content (AvgIpc) is 3.58. The van der Waals surface area contributed by atoms with Crippen molar-refractivity contribution in [2.24, 2.45) is 5.92 Å². The molecule has 2 heterocycles. The van der Waals surface area contributed by atoms with Crippen LogP contribution >= 0.6 is 0 Å². The average molecular weight is 530 g/mol. The van der Waals surface area contributed by atoms with E-state index in [4.69, 9.17) is 9.47 Å². The van der Waals surface area contributed by atoms with Gasteiger partial charge in [-0.15, -0.1) is 0 Å². The standard InChI is InChI=1S/C28H33F2N3O5/c1-5-37-26(35)21-15-33(18-9-10-18)24-19(23(30)22(29)12-20(24)25(21)34)8-6-7-17-11-16(13-31-17)14-32-27(36)38-28(2,3)4/h12,15-18,31H,5,7,9-11,13-14H2,1-4H3,(H,32,36). The van der Waals surface area contributed by atoms with Crippen LogP contribution in [0.15, 0.2) is 17.1 Å². The second kappa shape index (κ2) is 11.1. The summed E-state index contributed by atoms with van der Waals surface area (Å²) in [6.45, 7) is 8.23. The molecule has 38 heavy (non-hydrogen) atoms. The Hall–Kier alpha value is -3.45. The molecule has 1 aromatic carbocycles. The second-order valence-electron chi connectivity index (χ2n) is 10.8. The lowest BCUT2D eigenvalue weighted by Gasteiger charge is -2.20. The van der Waals surface area contributed by atoms with Gasteiger partial charge in [-0.3, -0.25) is 4.79 Å². The highest BCUT2D eigenvalue weighted by Gasteiger charge is 2.30. The van der Waals surface area contributed by atoms with Crippen molar-refractivity contribution in [1.29, 1.82) is 0 Å². The number of halogens is 2. The molecule has 2 fully saturated rings. The normalized spacial score (nSPS) is 19.1. The first-order valence-electron chi connectivity index (χ1n) is 12.9. The minimum atomic E-state index is -1.20. The number of fused-ring (bicyclic) bond motifs is 1. The molecule has 0 radical (unpaired) electrons. The molecular formula is C28H33F2N3O5. The van der Waals surface area contributed by atoms with E-state index in [0.717, 1.165) is 25.3 Å². The first-order valence-corrected chi connectivity index (χ1v) is 12.9. The van der Waals surface area contributed by atoms with Gasteiger partial charge in [-0.25, -0.2) is 18.4 Å². The van der Waals surface area contributed by atoms with Crippen LogP contribution in [0.25, 0.3) is 10.9 Å². The Bertz CT molecular complexity index is 1370. The number of alkyl carbamates (subject to hydrolysis) is 1. The number of nitrogens with zero attached hydrogens (tertiary/aromatic N) is 1. The predicted octanol–water partition coefficient (Wildman–Crippen LogP) is 4.04. The minimum Gasteiger partial charge on any atom is -0.462 e. The van der Waals surface area contributed by atoms with E-state index in [1.165, 1.54) is 6.20 Å². The van der Waals surface area contributed by atoms with Crippen LogP contribution in [0.4, 0.5) is 13.6 Å².